The largest absolute Gasteiger partial charge is 0.411 e. The van der Waals surface area contributed by atoms with E-state index in [2.05, 4.69) is 10.1 Å². The first-order valence-corrected chi connectivity index (χ1v) is 6.51. The van der Waals surface area contributed by atoms with Gasteiger partial charge in [-0.2, -0.15) is 13.2 Å². The van der Waals surface area contributed by atoms with Gasteiger partial charge < -0.3 is 10.1 Å². The molecule has 0 heterocycles. The molecule has 20 heavy (non-hydrogen) atoms. The van der Waals surface area contributed by atoms with Crippen molar-refractivity contribution in [2.45, 2.75) is 26.1 Å². The lowest BCUT2D eigenvalue weighted by atomic mass is 10.1. The summed E-state index contributed by atoms with van der Waals surface area (Å²) in [5.74, 6) is -0.642. The monoisotopic (exact) mass is 309 g/mol. The number of halogens is 4. The molecule has 0 aliphatic rings. The van der Waals surface area contributed by atoms with E-state index in [1.54, 1.807) is 18.2 Å². The van der Waals surface area contributed by atoms with E-state index in [9.17, 15) is 18.0 Å². The molecule has 1 aromatic rings. The molecule has 0 spiro atoms. The number of nitrogens with one attached hydrogen (secondary N) is 1. The van der Waals surface area contributed by atoms with Gasteiger partial charge in [-0.15, -0.1) is 11.6 Å². The van der Waals surface area contributed by atoms with Gasteiger partial charge in [0.1, 0.15) is 12.5 Å². The average Bonchev–Trinajstić information content (AvgIpc) is 2.38. The van der Waals surface area contributed by atoms with E-state index in [0.29, 0.717) is 11.3 Å². The Hall–Kier alpha value is -1.27. The van der Waals surface area contributed by atoms with E-state index in [-0.39, 0.29) is 12.5 Å². The maximum atomic E-state index is 12.0. The molecule has 0 aliphatic carbocycles. The molecule has 1 N–H and O–H groups in total. The molecule has 112 valence electrons. The molecule has 0 saturated carbocycles. The highest BCUT2D eigenvalue weighted by Crippen LogP contribution is 2.21. The molecular weight excluding hydrogens is 295 g/mol. The van der Waals surface area contributed by atoms with Gasteiger partial charge in [0.15, 0.2) is 0 Å². The van der Waals surface area contributed by atoms with Crippen molar-refractivity contribution in [2.75, 3.05) is 17.8 Å². The fourth-order valence-corrected chi connectivity index (χ4v) is 1.61. The Balaban J connectivity index is 2.80. The van der Waals surface area contributed by atoms with E-state index in [4.69, 9.17) is 11.6 Å². The lowest BCUT2D eigenvalue weighted by Crippen LogP contribution is -2.18. The molecule has 0 fully saturated rings. The van der Waals surface area contributed by atoms with Gasteiger partial charge in [-0.25, -0.2) is 0 Å². The standard InChI is InChI=1S/C13H15ClF3NO2/c1-2-9-3-4-10(7-20-8-13(15,16)17)11(5-9)18-12(19)6-14/h3-5H,2,6-8H2,1H3,(H,18,19). The quantitative estimate of drug-likeness (QED) is 0.817. The van der Waals surface area contributed by atoms with Crippen molar-refractivity contribution >= 4 is 23.2 Å². The van der Waals surface area contributed by atoms with Crippen molar-refractivity contribution in [1.82, 2.24) is 0 Å². The Kier molecular flexibility index (Phi) is 6.29. The summed E-state index contributed by atoms with van der Waals surface area (Å²) in [5.41, 5.74) is 1.86. The summed E-state index contributed by atoms with van der Waals surface area (Å²) < 4.78 is 40.7. The van der Waals surface area contributed by atoms with Gasteiger partial charge in [-0.05, 0) is 18.1 Å². The molecule has 1 rings (SSSR count). The summed E-state index contributed by atoms with van der Waals surface area (Å²) in [4.78, 5) is 11.3. The second-order valence-electron chi connectivity index (χ2n) is 4.13. The Morgan fingerprint density at radius 1 is 1.40 bits per heavy atom. The molecule has 0 aliphatic heterocycles. The van der Waals surface area contributed by atoms with Crippen LogP contribution < -0.4 is 5.32 Å². The number of rotatable bonds is 6. The third kappa shape index (κ3) is 5.79. The number of amides is 1. The zero-order valence-corrected chi connectivity index (χ0v) is 11.6. The minimum atomic E-state index is -4.37. The Morgan fingerprint density at radius 3 is 2.65 bits per heavy atom. The zero-order chi connectivity index (χ0) is 15.2. The van der Waals surface area contributed by atoms with E-state index < -0.39 is 18.7 Å². The fourth-order valence-electron chi connectivity index (χ4n) is 1.55. The lowest BCUT2D eigenvalue weighted by Gasteiger charge is -2.13. The molecule has 3 nitrogen and oxygen atoms in total. The van der Waals surface area contributed by atoms with Crippen LogP contribution in [0.5, 0.6) is 0 Å². The number of anilines is 1. The van der Waals surface area contributed by atoms with Crippen LogP contribution in [0.3, 0.4) is 0 Å². The minimum Gasteiger partial charge on any atom is -0.367 e. The highest BCUT2D eigenvalue weighted by atomic mass is 35.5. The molecule has 0 saturated heterocycles. The third-order valence-electron chi connectivity index (χ3n) is 2.50. The Morgan fingerprint density at radius 2 is 2.10 bits per heavy atom. The van der Waals surface area contributed by atoms with Crippen LogP contribution in [-0.2, 0) is 22.6 Å². The minimum absolute atomic E-state index is 0.223. The number of ether oxygens (including phenoxy) is 1. The van der Waals surface area contributed by atoms with Gasteiger partial charge in [0, 0.05) is 11.3 Å². The first-order valence-electron chi connectivity index (χ1n) is 5.98. The van der Waals surface area contributed by atoms with Crippen molar-refractivity contribution in [1.29, 1.82) is 0 Å². The topological polar surface area (TPSA) is 38.3 Å². The van der Waals surface area contributed by atoms with Gasteiger partial charge in [-0.3, -0.25) is 4.79 Å². The summed E-state index contributed by atoms with van der Waals surface area (Å²) in [6.07, 6.45) is -3.63. The summed E-state index contributed by atoms with van der Waals surface area (Å²) in [6.45, 7) is 0.370. The molecular formula is C13H15ClF3NO2. The van der Waals surface area contributed by atoms with Crippen molar-refractivity contribution in [2.24, 2.45) is 0 Å². The van der Waals surface area contributed by atoms with Crippen LogP contribution in [0.2, 0.25) is 0 Å². The number of carbonyl (C=O) groups is 1. The van der Waals surface area contributed by atoms with E-state index in [0.717, 1.165) is 12.0 Å². The number of carbonyl (C=O) groups excluding carboxylic acids is 1. The number of alkyl halides is 4. The van der Waals surface area contributed by atoms with Crippen LogP contribution >= 0.6 is 11.6 Å². The summed E-state index contributed by atoms with van der Waals surface area (Å²) in [6, 6.07) is 5.12. The molecule has 0 aromatic heterocycles. The number of hydrogen-bond donors (Lipinski definition) is 1. The lowest BCUT2D eigenvalue weighted by molar-refractivity contribution is -0.176. The second-order valence-corrected chi connectivity index (χ2v) is 4.40. The summed E-state index contributed by atoms with van der Waals surface area (Å²) in [5, 5.41) is 2.55. The number of aryl methyl sites for hydroxylation is 1. The van der Waals surface area contributed by atoms with Crippen LogP contribution in [0.25, 0.3) is 0 Å². The average molecular weight is 310 g/mol. The number of hydrogen-bond acceptors (Lipinski definition) is 2. The van der Waals surface area contributed by atoms with Crippen molar-refractivity contribution in [3.63, 3.8) is 0 Å². The van der Waals surface area contributed by atoms with Crippen LogP contribution in [-0.4, -0.2) is 24.6 Å². The van der Waals surface area contributed by atoms with E-state index in [1.165, 1.54) is 0 Å². The first-order chi connectivity index (χ1) is 9.35. The molecule has 7 heteroatoms. The van der Waals surface area contributed by atoms with Gasteiger partial charge in [0.05, 0.1) is 6.61 Å². The molecule has 1 amide bonds. The van der Waals surface area contributed by atoms with Crippen LogP contribution in [0, 0.1) is 0 Å². The SMILES string of the molecule is CCc1ccc(COCC(F)(F)F)c(NC(=O)CCl)c1. The smallest absolute Gasteiger partial charge is 0.367 e. The molecule has 1 aromatic carbocycles. The zero-order valence-electron chi connectivity index (χ0n) is 10.9. The van der Waals surface area contributed by atoms with Gasteiger partial charge in [0.25, 0.3) is 0 Å². The second kappa shape index (κ2) is 7.50. The molecule has 0 atom stereocenters. The first kappa shape index (κ1) is 16.8. The van der Waals surface area contributed by atoms with Crippen molar-refractivity contribution in [3.05, 3.63) is 29.3 Å². The Labute approximate surface area is 120 Å². The third-order valence-corrected chi connectivity index (χ3v) is 2.74. The van der Waals surface area contributed by atoms with Crippen LogP contribution in [0.1, 0.15) is 18.1 Å². The van der Waals surface area contributed by atoms with Gasteiger partial charge >= 0.3 is 6.18 Å². The predicted octanol–water partition coefficient (Wildman–Crippen LogP) is 3.51. The van der Waals surface area contributed by atoms with E-state index >= 15 is 0 Å². The Bertz CT molecular complexity index is 463. The predicted molar refractivity (Wildman–Crippen MR) is 70.9 cm³/mol. The van der Waals surface area contributed by atoms with E-state index in [1.807, 2.05) is 6.92 Å². The summed E-state index contributed by atoms with van der Waals surface area (Å²) >= 11 is 5.40. The molecule has 0 unspecified atom stereocenters. The van der Waals surface area contributed by atoms with Crippen LogP contribution in [0.4, 0.5) is 18.9 Å². The summed E-state index contributed by atoms with van der Waals surface area (Å²) in [7, 11) is 0. The highest BCUT2D eigenvalue weighted by Gasteiger charge is 2.27. The van der Waals surface area contributed by atoms with Crippen LogP contribution in [0.15, 0.2) is 18.2 Å². The van der Waals surface area contributed by atoms with Crippen molar-refractivity contribution in [3.8, 4) is 0 Å². The molecule has 0 radical (unpaired) electrons. The van der Waals surface area contributed by atoms with Gasteiger partial charge in [0.2, 0.25) is 5.91 Å². The number of benzene rings is 1. The maximum absolute atomic E-state index is 12.0. The van der Waals surface area contributed by atoms with Gasteiger partial charge in [-0.1, -0.05) is 19.1 Å². The van der Waals surface area contributed by atoms with Crippen molar-refractivity contribution < 1.29 is 22.7 Å². The highest BCUT2D eigenvalue weighted by molar-refractivity contribution is 6.29. The molecule has 0 bridgehead atoms. The normalized spacial score (nSPS) is 11.4. The fraction of sp³-hybridized carbons (Fsp3) is 0.462. The maximum Gasteiger partial charge on any atom is 0.411 e.